The number of pyridine rings is 1. The number of likely N-dealkylation sites (tertiary alicyclic amines) is 1. The van der Waals surface area contributed by atoms with Crippen molar-refractivity contribution >= 4 is 66.6 Å². The summed E-state index contributed by atoms with van der Waals surface area (Å²) >= 11 is 9.71. The maximum absolute atomic E-state index is 13.7. The van der Waals surface area contributed by atoms with Gasteiger partial charge in [-0.05, 0) is 38.3 Å². The zero-order valence-electron chi connectivity index (χ0n) is 17.2. The summed E-state index contributed by atoms with van der Waals surface area (Å²) in [6, 6.07) is 3.60. The van der Waals surface area contributed by atoms with Crippen LogP contribution >= 0.6 is 45.5 Å². The van der Waals surface area contributed by atoms with E-state index in [1.54, 1.807) is 49.8 Å². The molecule has 11 heteroatoms. The van der Waals surface area contributed by atoms with Crippen molar-refractivity contribution in [3.8, 4) is 10.4 Å². The Balaban J connectivity index is 1.59. The van der Waals surface area contributed by atoms with Gasteiger partial charge < -0.3 is 5.11 Å². The molecule has 1 N–H and O–H groups in total. The van der Waals surface area contributed by atoms with E-state index in [1.165, 1.54) is 15.3 Å². The zero-order valence-corrected chi connectivity index (χ0v) is 21.8. The van der Waals surface area contributed by atoms with Gasteiger partial charge in [-0.3, -0.25) is 4.90 Å². The molecule has 0 saturated carbocycles. The van der Waals surface area contributed by atoms with Crippen LogP contribution < -0.4 is 0 Å². The SMILES string of the molecule is CN1CC(O)(c2ncc(-c3ccnc4c3ccn4S(=O)(=O)C3(C)C=C(Cl)C=CC3I)s2)C1. The highest BCUT2D eigenvalue weighted by Gasteiger charge is 2.46. The van der Waals surface area contributed by atoms with Crippen molar-refractivity contribution in [1.82, 2.24) is 18.8 Å². The molecule has 1 fully saturated rings. The van der Waals surface area contributed by atoms with Crippen molar-refractivity contribution in [3.05, 3.63) is 59.0 Å². The second kappa shape index (κ2) is 7.60. The van der Waals surface area contributed by atoms with E-state index in [2.05, 4.69) is 32.6 Å². The van der Waals surface area contributed by atoms with Gasteiger partial charge >= 0.3 is 0 Å². The molecule has 1 saturated heterocycles. The van der Waals surface area contributed by atoms with E-state index < -0.39 is 20.4 Å². The minimum absolute atomic E-state index is 0.293. The van der Waals surface area contributed by atoms with Crippen LogP contribution in [0.4, 0.5) is 0 Å². The highest BCUT2D eigenvalue weighted by Crippen LogP contribution is 2.41. The van der Waals surface area contributed by atoms with Gasteiger partial charge in [0.05, 0.1) is 8.80 Å². The Labute approximate surface area is 208 Å². The van der Waals surface area contributed by atoms with Gasteiger partial charge in [-0.15, -0.1) is 11.3 Å². The molecule has 1 aliphatic carbocycles. The lowest BCUT2D eigenvalue weighted by Crippen LogP contribution is -2.57. The molecule has 1 aliphatic heterocycles. The number of nitrogens with zero attached hydrogens (tertiary/aromatic N) is 4. The maximum Gasteiger partial charge on any atom is 0.250 e. The number of β-amino-alcohol motifs (C(OH)–C–C–N with tert-alkyl or cyclic N) is 1. The lowest BCUT2D eigenvalue weighted by Gasteiger charge is -2.42. The number of aliphatic hydroxyl groups is 1. The van der Waals surface area contributed by atoms with Crippen molar-refractivity contribution < 1.29 is 13.5 Å². The monoisotopic (exact) mass is 602 g/mol. The third kappa shape index (κ3) is 3.30. The van der Waals surface area contributed by atoms with Gasteiger partial charge in [0.15, 0.2) is 5.65 Å². The van der Waals surface area contributed by atoms with E-state index in [9.17, 15) is 13.5 Å². The number of fused-ring (bicyclic) bond motifs is 1. The average molecular weight is 603 g/mol. The number of allylic oxidation sites excluding steroid dienone is 3. The van der Waals surface area contributed by atoms with E-state index in [1.807, 2.05) is 18.0 Å². The van der Waals surface area contributed by atoms with Gasteiger partial charge in [-0.2, -0.15) is 0 Å². The molecule has 3 aromatic heterocycles. The zero-order chi connectivity index (χ0) is 22.9. The van der Waals surface area contributed by atoms with Gasteiger partial charge in [-0.25, -0.2) is 22.4 Å². The first-order valence-corrected chi connectivity index (χ1v) is 13.7. The summed E-state index contributed by atoms with van der Waals surface area (Å²) in [5, 5.41) is 12.5. The molecule has 5 rings (SSSR count). The van der Waals surface area contributed by atoms with Crippen LogP contribution in [-0.2, 0) is 15.6 Å². The Bertz CT molecular complexity index is 1390. The molecule has 7 nitrogen and oxygen atoms in total. The number of halogens is 2. The molecule has 168 valence electrons. The Morgan fingerprint density at radius 3 is 2.78 bits per heavy atom. The number of hydrogen-bond donors (Lipinski definition) is 1. The number of rotatable bonds is 4. The molecule has 2 unspecified atom stereocenters. The topological polar surface area (TPSA) is 88.3 Å². The molecule has 4 heterocycles. The first kappa shape index (κ1) is 22.5. The summed E-state index contributed by atoms with van der Waals surface area (Å²) in [4.78, 5) is 11.7. The van der Waals surface area contributed by atoms with Crippen molar-refractivity contribution in [2.45, 2.75) is 21.2 Å². The van der Waals surface area contributed by atoms with Gasteiger partial charge in [0.25, 0.3) is 10.0 Å². The van der Waals surface area contributed by atoms with Crippen LogP contribution in [0.25, 0.3) is 21.5 Å². The third-order valence-corrected chi connectivity index (χ3v) is 11.9. The summed E-state index contributed by atoms with van der Waals surface area (Å²) in [7, 11) is -1.92. The predicted octanol–water partition coefficient (Wildman–Crippen LogP) is 3.73. The van der Waals surface area contributed by atoms with E-state index in [4.69, 9.17) is 11.6 Å². The molecule has 0 spiro atoms. The molecule has 0 radical (unpaired) electrons. The number of thiazole rings is 1. The molecule has 0 aromatic carbocycles. The van der Waals surface area contributed by atoms with Crippen LogP contribution in [0.15, 0.2) is 54.0 Å². The molecule has 32 heavy (non-hydrogen) atoms. The number of hydrogen-bond acceptors (Lipinski definition) is 7. The third-order valence-electron chi connectivity index (χ3n) is 6.00. The molecular weight excluding hydrogens is 583 g/mol. The standard InChI is InChI=1S/C21H20ClIN4O3S2/c1-20(9-13(22)3-4-17(20)23)32(29,30)27-8-6-15-14(5-7-24-18(15)27)16-10-25-19(31-16)21(28)11-26(2)12-21/h3-10,17,28H,11-12H2,1-2H3. The van der Waals surface area contributed by atoms with Crippen LogP contribution in [0.5, 0.6) is 0 Å². The Hall–Kier alpha value is -1.31. The minimum Gasteiger partial charge on any atom is -0.380 e. The number of alkyl halides is 1. The fourth-order valence-corrected chi connectivity index (χ4v) is 8.62. The maximum atomic E-state index is 13.7. The van der Waals surface area contributed by atoms with Crippen molar-refractivity contribution in [1.29, 1.82) is 0 Å². The van der Waals surface area contributed by atoms with Gasteiger partial charge in [0.2, 0.25) is 0 Å². The quantitative estimate of drug-likeness (QED) is 0.362. The Morgan fingerprint density at radius 1 is 1.31 bits per heavy atom. The molecule has 2 atom stereocenters. The minimum atomic E-state index is -3.87. The fourth-order valence-electron chi connectivity index (χ4n) is 4.22. The Morgan fingerprint density at radius 2 is 2.06 bits per heavy atom. The largest absolute Gasteiger partial charge is 0.380 e. The summed E-state index contributed by atoms with van der Waals surface area (Å²) in [6.45, 7) is 2.76. The van der Waals surface area contributed by atoms with Crippen LogP contribution in [-0.4, -0.2) is 61.2 Å². The van der Waals surface area contributed by atoms with Crippen molar-refractivity contribution in [3.63, 3.8) is 0 Å². The summed E-state index contributed by atoms with van der Waals surface area (Å²) in [5.74, 6) is 0. The van der Waals surface area contributed by atoms with Crippen LogP contribution in [0.3, 0.4) is 0 Å². The fraction of sp³-hybridized carbons (Fsp3) is 0.333. The van der Waals surface area contributed by atoms with Gasteiger partial charge in [-0.1, -0.05) is 40.3 Å². The van der Waals surface area contributed by atoms with Crippen LogP contribution in [0.1, 0.15) is 11.9 Å². The summed E-state index contributed by atoms with van der Waals surface area (Å²) in [5.41, 5.74) is 0.254. The van der Waals surface area contributed by atoms with E-state index in [0.717, 1.165) is 10.4 Å². The second-order valence-corrected chi connectivity index (χ2v) is 13.5. The molecule has 2 aliphatic rings. The second-order valence-electron chi connectivity index (χ2n) is 8.42. The first-order valence-electron chi connectivity index (χ1n) is 9.85. The predicted molar refractivity (Wildman–Crippen MR) is 136 cm³/mol. The number of aromatic nitrogens is 3. The Kier molecular flexibility index (Phi) is 5.34. The summed E-state index contributed by atoms with van der Waals surface area (Å²) < 4.78 is 27.2. The van der Waals surface area contributed by atoms with E-state index >= 15 is 0 Å². The normalized spacial score (nSPS) is 25.7. The van der Waals surface area contributed by atoms with Crippen LogP contribution in [0, 0.1) is 0 Å². The lowest BCUT2D eigenvalue weighted by molar-refractivity contribution is -0.0919. The molecular formula is C21H20ClIN4O3S2. The highest BCUT2D eigenvalue weighted by molar-refractivity contribution is 14.1. The first-order chi connectivity index (χ1) is 15.0. The van der Waals surface area contributed by atoms with Crippen molar-refractivity contribution in [2.24, 2.45) is 0 Å². The van der Waals surface area contributed by atoms with E-state index in [-0.39, 0.29) is 3.92 Å². The molecule has 0 amide bonds. The van der Waals surface area contributed by atoms with Gasteiger partial charge in [0, 0.05) is 47.7 Å². The average Bonchev–Trinajstić information content (AvgIpc) is 3.37. The highest BCUT2D eigenvalue weighted by atomic mass is 127. The van der Waals surface area contributed by atoms with Crippen LogP contribution in [0.2, 0.25) is 0 Å². The number of likely N-dealkylation sites (N-methyl/N-ethyl adjacent to an activating group) is 1. The molecule has 3 aromatic rings. The molecule has 0 bridgehead atoms. The smallest absolute Gasteiger partial charge is 0.250 e. The van der Waals surface area contributed by atoms with E-state index in [0.29, 0.717) is 34.2 Å². The lowest BCUT2D eigenvalue weighted by atomic mass is 9.96. The summed E-state index contributed by atoms with van der Waals surface area (Å²) in [6.07, 6.45) is 9.97. The van der Waals surface area contributed by atoms with Gasteiger partial charge in [0.1, 0.15) is 15.4 Å². The van der Waals surface area contributed by atoms with Crippen molar-refractivity contribution in [2.75, 3.05) is 20.1 Å².